The molecule has 0 atom stereocenters. The van der Waals surface area contributed by atoms with E-state index >= 15 is 0 Å². The number of ketones is 1. The molecule has 102 valence electrons. The van der Waals surface area contributed by atoms with Crippen molar-refractivity contribution < 1.29 is 22.7 Å². The maximum atomic E-state index is 12.2. The van der Waals surface area contributed by atoms with E-state index in [1.807, 2.05) is 0 Å². The molecule has 0 bridgehead atoms. The third kappa shape index (κ3) is 2.41. The Morgan fingerprint density at radius 3 is 2.63 bits per heavy atom. The van der Waals surface area contributed by atoms with Gasteiger partial charge >= 0.3 is 6.18 Å². The molecule has 2 heterocycles. The third-order valence-electron chi connectivity index (χ3n) is 2.25. The number of alkyl halides is 3. The Morgan fingerprint density at radius 2 is 2.11 bits per heavy atom. The van der Waals surface area contributed by atoms with E-state index in [9.17, 15) is 18.0 Å². The van der Waals surface area contributed by atoms with Gasteiger partial charge in [0.05, 0.1) is 13.3 Å². The highest BCUT2D eigenvalue weighted by atomic mass is 19.4. The number of rotatable bonds is 3. The smallest absolute Gasteiger partial charge is 0.456 e. The van der Waals surface area contributed by atoms with E-state index in [-0.39, 0.29) is 5.82 Å². The van der Waals surface area contributed by atoms with Crippen molar-refractivity contribution in [3.63, 3.8) is 0 Å². The van der Waals surface area contributed by atoms with E-state index in [2.05, 4.69) is 15.4 Å². The zero-order valence-electron chi connectivity index (χ0n) is 9.84. The van der Waals surface area contributed by atoms with Crippen molar-refractivity contribution in [2.75, 3.05) is 7.11 Å². The monoisotopic (exact) mass is 275 g/mol. The lowest BCUT2D eigenvalue weighted by atomic mass is 10.3. The second-order valence-corrected chi connectivity index (χ2v) is 3.54. The average molecular weight is 275 g/mol. The van der Waals surface area contributed by atoms with Crippen molar-refractivity contribution in [1.29, 1.82) is 0 Å². The highest BCUT2D eigenvalue weighted by Crippen LogP contribution is 2.21. The molecule has 10 heteroatoms. The lowest BCUT2D eigenvalue weighted by molar-refractivity contribution is -0.0888. The predicted octanol–water partition coefficient (Wildman–Crippen LogP) is 0.754. The van der Waals surface area contributed by atoms with Crippen LogP contribution in [0.5, 0.6) is 5.88 Å². The van der Waals surface area contributed by atoms with Gasteiger partial charge in [-0.3, -0.25) is 4.79 Å². The normalized spacial score (nSPS) is 11.6. The second kappa shape index (κ2) is 4.37. The summed E-state index contributed by atoms with van der Waals surface area (Å²) in [7, 11) is 3.00. The molecule has 0 aliphatic carbocycles. The Balaban J connectivity index is 2.33. The minimum absolute atomic E-state index is 0.188. The Bertz CT molecular complexity index is 616. The van der Waals surface area contributed by atoms with Gasteiger partial charge in [0.2, 0.25) is 5.88 Å². The fourth-order valence-corrected chi connectivity index (χ4v) is 1.36. The SMILES string of the molecule is COc1cc(-n2cc(C(=O)C(F)(F)F)nn2)nn1C. The van der Waals surface area contributed by atoms with Crippen molar-refractivity contribution in [1.82, 2.24) is 24.8 Å². The highest BCUT2D eigenvalue weighted by Gasteiger charge is 2.41. The van der Waals surface area contributed by atoms with Crippen LogP contribution in [0.15, 0.2) is 12.3 Å². The number of nitrogens with zero attached hydrogens (tertiary/aromatic N) is 5. The van der Waals surface area contributed by atoms with E-state index in [0.29, 0.717) is 5.88 Å². The number of methoxy groups -OCH3 is 1. The molecule has 0 saturated carbocycles. The summed E-state index contributed by atoms with van der Waals surface area (Å²) in [4.78, 5) is 10.9. The summed E-state index contributed by atoms with van der Waals surface area (Å²) in [5, 5.41) is 10.5. The van der Waals surface area contributed by atoms with Crippen LogP contribution in [-0.2, 0) is 7.05 Å². The maximum absolute atomic E-state index is 12.2. The molecule has 0 saturated heterocycles. The molecular weight excluding hydrogens is 267 g/mol. The fraction of sp³-hybridized carbons (Fsp3) is 0.333. The summed E-state index contributed by atoms with van der Waals surface area (Å²) in [6.07, 6.45) is -4.12. The zero-order valence-corrected chi connectivity index (χ0v) is 9.84. The number of Topliss-reactive ketones (excluding diaryl/α,β-unsaturated/α-hetero) is 1. The van der Waals surface area contributed by atoms with Gasteiger partial charge in [-0.2, -0.15) is 17.9 Å². The molecule has 0 aliphatic heterocycles. The summed E-state index contributed by atoms with van der Waals surface area (Å²) < 4.78 is 43.9. The molecular formula is C9H8F3N5O2. The van der Waals surface area contributed by atoms with E-state index in [4.69, 9.17) is 4.74 Å². The second-order valence-electron chi connectivity index (χ2n) is 3.54. The predicted molar refractivity (Wildman–Crippen MR) is 55.1 cm³/mol. The van der Waals surface area contributed by atoms with Crippen LogP contribution < -0.4 is 4.74 Å². The highest BCUT2D eigenvalue weighted by molar-refractivity contribution is 5.98. The van der Waals surface area contributed by atoms with Crippen molar-refractivity contribution in [2.45, 2.75) is 6.18 Å². The largest absolute Gasteiger partial charge is 0.481 e. The zero-order chi connectivity index (χ0) is 14.2. The van der Waals surface area contributed by atoms with E-state index in [0.717, 1.165) is 10.9 Å². The molecule has 0 N–H and O–H groups in total. The summed E-state index contributed by atoms with van der Waals surface area (Å²) in [5.41, 5.74) is -0.794. The van der Waals surface area contributed by atoms with Gasteiger partial charge < -0.3 is 4.74 Å². The molecule has 0 aliphatic rings. The topological polar surface area (TPSA) is 74.8 Å². The molecule has 0 spiro atoms. The van der Waals surface area contributed by atoms with Crippen LogP contribution in [0, 0.1) is 0 Å². The fourth-order valence-electron chi connectivity index (χ4n) is 1.36. The lowest BCUT2D eigenvalue weighted by Gasteiger charge is -1.99. The van der Waals surface area contributed by atoms with Gasteiger partial charge in [0.15, 0.2) is 11.5 Å². The average Bonchev–Trinajstić information content (AvgIpc) is 2.92. The molecule has 0 radical (unpaired) electrons. The Kier molecular flexibility index (Phi) is 3.00. The first kappa shape index (κ1) is 13.1. The Morgan fingerprint density at radius 1 is 1.42 bits per heavy atom. The van der Waals surface area contributed by atoms with Gasteiger partial charge in [-0.05, 0) is 0 Å². The molecule has 19 heavy (non-hydrogen) atoms. The summed E-state index contributed by atoms with van der Waals surface area (Å²) in [6, 6.07) is 1.44. The number of hydrogen-bond donors (Lipinski definition) is 0. The van der Waals surface area contributed by atoms with Gasteiger partial charge in [0.25, 0.3) is 5.78 Å². The maximum Gasteiger partial charge on any atom is 0.456 e. The summed E-state index contributed by atoms with van der Waals surface area (Å²) in [5.74, 6) is -1.48. The van der Waals surface area contributed by atoms with Gasteiger partial charge in [-0.25, -0.2) is 4.68 Å². The molecule has 2 rings (SSSR count). The van der Waals surface area contributed by atoms with E-state index < -0.39 is 17.7 Å². The Hall–Kier alpha value is -2.39. The molecule has 0 unspecified atom stereocenters. The van der Waals surface area contributed by atoms with Gasteiger partial charge in [-0.15, -0.1) is 10.2 Å². The number of halogens is 3. The number of carbonyl (C=O) groups is 1. The van der Waals surface area contributed by atoms with Crippen molar-refractivity contribution in [3.05, 3.63) is 18.0 Å². The van der Waals surface area contributed by atoms with Gasteiger partial charge in [0, 0.05) is 13.1 Å². The number of ether oxygens (including phenoxy) is 1. The first-order valence-corrected chi connectivity index (χ1v) is 4.95. The minimum Gasteiger partial charge on any atom is -0.481 e. The van der Waals surface area contributed by atoms with Crippen LogP contribution in [0.25, 0.3) is 5.82 Å². The van der Waals surface area contributed by atoms with Crippen LogP contribution >= 0.6 is 0 Å². The quantitative estimate of drug-likeness (QED) is 0.773. The third-order valence-corrected chi connectivity index (χ3v) is 2.25. The van der Waals surface area contributed by atoms with Crippen molar-refractivity contribution >= 4 is 5.78 Å². The first-order valence-electron chi connectivity index (χ1n) is 4.95. The lowest BCUT2D eigenvalue weighted by Crippen LogP contribution is -2.23. The Labute approximate surface area is 104 Å². The van der Waals surface area contributed by atoms with Crippen LogP contribution in [-0.4, -0.2) is 43.8 Å². The molecule has 0 aromatic carbocycles. The molecule has 0 amide bonds. The first-order chi connectivity index (χ1) is 8.82. The molecule has 2 aromatic rings. The van der Waals surface area contributed by atoms with Gasteiger partial charge in [-0.1, -0.05) is 5.21 Å². The summed E-state index contributed by atoms with van der Waals surface area (Å²) in [6.45, 7) is 0. The molecule has 2 aromatic heterocycles. The van der Waals surface area contributed by atoms with Crippen LogP contribution in [0.3, 0.4) is 0 Å². The van der Waals surface area contributed by atoms with Crippen molar-refractivity contribution in [3.8, 4) is 11.7 Å². The van der Waals surface area contributed by atoms with Crippen LogP contribution in [0.1, 0.15) is 10.5 Å². The van der Waals surface area contributed by atoms with Gasteiger partial charge in [0.1, 0.15) is 0 Å². The van der Waals surface area contributed by atoms with Crippen LogP contribution in [0.4, 0.5) is 13.2 Å². The number of aromatic nitrogens is 5. The number of aryl methyl sites for hydroxylation is 1. The molecule has 7 nitrogen and oxygen atoms in total. The number of hydrogen-bond acceptors (Lipinski definition) is 5. The standard InChI is InChI=1S/C9H8F3N5O2/c1-16-7(19-2)3-6(14-16)17-4-5(13-15-17)8(18)9(10,11)12/h3-4H,1-2H3. The minimum atomic E-state index is -4.98. The molecule has 0 fully saturated rings. The van der Waals surface area contributed by atoms with Crippen LogP contribution in [0.2, 0.25) is 0 Å². The number of carbonyl (C=O) groups excluding carboxylic acids is 1. The van der Waals surface area contributed by atoms with E-state index in [1.54, 1.807) is 7.05 Å². The van der Waals surface area contributed by atoms with Crippen molar-refractivity contribution in [2.24, 2.45) is 7.05 Å². The van der Waals surface area contributed by atoms with E-state index in [1.165, 1.54) is 17.9 Å². The summed E-state index contributed by atoms with van der Waals surface area (Å²) >= 11 is 0.